The standard InChI is InChI=1S/C20H22N6OS/c1-13-17(28-12-21-13)11-25-8-14-7-18-23-24-19(26(18)10-15(14)9-25)20(27)22-16-5-3-2-4-6-16/h2-6,12,14-15H,7-11H2,1H3,(H,22,27)/t14-,15+/m1/s1. The second-order valence-corrected chi connectivity index (χ2v) is 8.59. The molecule has 0 saturated carbocycles. The number of rotatable bonds is 4. The fraction of sp³-hybridized carbons (Fsp3) is 0.400. The number of likely N-dealkylation sites (tertiary alicyclic amines) is 1. The van der Waals surface area contributed by atoms with E-state index < -0.39 is 0 Å². The van der Waals surface area contributed by atoms with Crippen LogP contribution in [0, 0.1) is 18.8 Å². The first-order chi connectivity index (χ1) is 13.7. The van der Waals surface area contributed by atoms with Crippen LogP contribution in [0.15, 0.2) is 35.8 Å². The van der Waals surface area contributed by atoms with Gasteiger partial charge in [0, 0.05) is 43.2 Å². The number of anilines is 1. The SMILES string of the molecule is Cc1ncsc1CN1C[C@H]2Cc3nnc(C(=O)Nc4ccccc4)n3C[C@@H]2C1. The van der Waals surface area contributed by atoms with E-state index in [-0.39, 0.29) is 5.91 Å². The van der Waals surface area contributed by atoms with E-state index in [1.165, 1.54) is 4.88 Å². The molecule has 1 amide bonds. The molecule has 28 heavy (non-hydrogen) atoms. The lowest BCUT2D eigenvalue weighted by molar-refractivity contribution is 0.100. The summed E-state index contributed by atoms with van der Waals surface area (Å²) in [6.45, 7) is 5.96. The van der Waals surface area contributed by atoms with Crippen molar-refractivity contribution in [1.29, 1.82) is 0 Å². The van der Waals surface area contributed by atoms with Gasteiger partial charge in [0.1, 0.15) is 5.82 Å². The van der Waals surface area contributed by atoms with Gasteiger partial charge >= 0.3 is 0 Å². The van der Waals surface area contributed by atoms with Crippen molar-refractivity contribution in [2.75, 3.05) is 18.4 Å². The zero-order valence-electron chi connectivity index (χ0n) is 15.7. The molecule has 0 radical (unpaired) electrons. The highest BCUT2D eigenvalue weighted by atomic mass is 32.1. The van der Waals surface area contributed by atoms with Gasteiger partial charge in [-0.05, 0) is 30.9 Å². The first-order valence-corrected chi connectivity index (χ1v) is 10.4. The molecule has 4 heterocycles. The first-order valence-electron chi connectivity index (χ1n) is 9.57. The number of aryl methyl sites for hydroxylation is 1. The van der Waals surface area contributed by atoms with Crippen molar-refractivity contribution in [3.8, 4) is 0 Å². The number of hydrogen-bond donors (Lipinski definition) is 1. The van der Waals surface area contributed by atoms with Gasteiger partial charge in [-0.2, -0.15) is 0 Å². The lowest BCUT2D eigenvalue weighted by atomic mass is 9.89. The summed E-state index contributed by atoms with van der Waals surface area (Å²) in [5.74, 6) is 2.25. The molecule has 0 spiro atoms. The van der Waals surface area contributed by atoms with E-state index in [0.717, 1.165) is 49.8 Å². The quantitative estimate of drug-likeness (QED) is 0.736. The Morgan fingerprint density at radius 3 is 2.79 bits per heavy atom. The van der Waals surface area contributed by atoms with E-state index >= 15 is 0 Å². The zero-order valence-corrected chi connectivity index (χ0v) is 16.5. The Morgan fingerprint density at radius 2 is 2.00 bits per heavy atom. The van der Waals surface area contributed by atoms with Gasteiger partial charge in [-0.15, -0.1) is 21.5 Å². The van der Waals surface area contributed by atoms with Crippen LogP contribution < -0.4 is 5.32 Å². The Balaban J connectivity index is 1.29. The van der Waals surface area contributed by atoms with Crippen LogP contribution in [-0.4, -0.2) is 43.6 Å². The Kier molecular flexibility index (Phi) is 4.44. The molecule has 2 aliphatic heterocycles. The highest BCUT2D eigenvalue weighted by Crippen LogP contribution is 2.34. The van der Waals surface area contributed by atoms with Gasteiger partial charge in [0.2, 0.25) is 5.82 Å². The minimum absolute atomic E-state index is 0.196. The number of hydrogen-bond acceptors (Lipinski definition) is 6. The average Bonchev–Trinajstić information content (AvgIpc) is 3.39. The van der Waals surface area contributed by atoms with Crippen LogP contribution in [0.3, 0.4) is 0 Å². The maximum atomic E-state index is 12.7. The van der Waals surface area contributed by atoms with Crippen molar-refractivity contribution < 1.29 is 4.79 Å². The van der Waals surface area contributed by atoms with Crippen LogP contribution in [0.5, 0.6) is 0 Å². The maximum Gasteiger partial charge on any atom is 0.293 e. The Hall–Kier alpha value is -2.58. The lowest BCUT2D eigenvalue weighted by Gasteiger charge is -2.25. The average molecular weight is 395 g/mol. The third-order valence-electron chi connectivity index (χ3n) is 5.79. The van der Waals surface area contributed by atoms with Crippen LogP contribution in [0.2, 0.25) is 0 Å². The van der Waals surface area contributed by atoms with Gasteiger partial charge in [-0.25, -0.2) is 4.98 Å². The van der Waals surface area contributed by atoms with Gasteiger partial charge in [0.05, 0.1) is 11.2 Å². The summed E-state index contributed by atoms with van der Waals surface area (Å²) in [6.07, 6.45) is 0.883. The minimum atomic E-state index is -0.196. The van der Waals surface area contributed by atoms with Crippen molar-refractivity contribution in [3.63, 3.8) is 0 Å². The van der Waals surface area contributed by atoms with Crippen molar-refractivity contribution in [3.05, 3.63) is 58.1 Å². The second-order valence-electron chi connectivity index (χ2n) is 7.65. The molecular weight excluding hydrogens is 372 g/mol. The molecule has 0 unspecified atom stereocenters. The molecule has 1 N–H and O–H groups in total. The first kappa shape index (κ1) is 17.5. The maximum absolute atomic E-state index is 12.7. The number of para-hydroxylation sites is 1. The number of fused-ring (bicyclic) bond motifs is 2. The number of thiazole rings is 1. The van der Waals surface area contributed by atoms with Crippen molar-refractivity contribution in [1.82, 2.24) is 24.6 Å². The molecule has 1 aromatic carbocycles. The van der Waals surface area contributed by atoms with E-state index in [9.17, 15) is 4.79 Å². The fourth-order valence-electron chi connectivity index (χ4n) is 4.31. The summed E-state index contributed by atoms with van der Waals surface area (Å²) >= 11 is 1.73. The highest BCUT2D eigenvalue weighted by molar-refractivity contribution is 7.09. The number of carbonyl (C=O) groups is 1. The number of nitrogens with one attached hydrogen (secondary N) is 1. The molecule has 1 fully saturated rings. The topological polar surface area (TPSA) is 75.9 Å². The molecule has 2 aromatic heterocycles. The molecule has 144 valence electrons. The van der Waals surface area contributed by atoms with Crippen LogP contribution in [0.25, 0.3) is 0 Å². The third kappa shape index (κ3) is 3.22. The molecule has 7 nitrogen and oxygen atoms in total. The van der Waals surface area contributed by atoms with Crippen molar-refractivity contribution in [2.45, 2.75) is 26.4 Å². The number of aromatic nitrogens is 4. The lowest BCUT2D eigenvalue weighted by Crippen LogP contribution is -2.31. The van der Waals surface area contributed by atoms with Crippen LogP contribution in [-0.2, 0) is 19.5 Å². The Labute approximate surface area is 167 Å². The molecule has 1 saturated heterocycles. The predicted octanol–water partition coefficient (Wildman–Crippen LogP) is 2.60. The highest BCUT2D eigenvalue weighted by Gasteiger charge is 2.39. The third-order valence-corrected chi connectivity index (χ3v) is 6.71. The van der Waals surface area contributed by atoms with Crippen molar-refractivity contribution in [2.24, 2.45) is 11.8 Å². The summed E-state index contributed by atoms with van der Waals surface area (Å²) in [5.41, 5.74) is 3.83. The molecule has 2 atom stereocenters. The number of nitrogens with zero attached hydrogens (tertiary/aromatic N) is 5. The predicted molar refractivity (Wildman–Crippen MR) is 107 cm³/mol. The fourth-order valence-corrected chi connectivity index (χ4v) is 5.13. The van der Waals surface area contributed by atoms with Crippen LogP contribution in [0.4, 0.5) is 5.69 Å². The molecule has 5 rings (SSSR count). The van der Waals surface area contributed by atoms with Crippen molar-refractivity contribution >= 4 is 22.9 Å². The molecule has 3 aromatic rings. The number of benzene rings is 1. The second kappa shape index (κ2) is 7.10. The minimum Gasteiger partial charge on any atom is -0.319 e. The summed E-state index contributed by atoms with van der Waals surface area (Å²) < 4.78 is 2.01. The number of amides is 1. The summed E-state index contributed by atoms with van der Waals surface area (Å²) in [5, 5.41) is 11.4. The smallest absolute Gasteiger partial charge is 0.293 e. The van der Waals surface area contributed by atoms with Gasteiger partial charge in [-0.1, -0.05) is 18.2 Å². The van der Waals surface area contributed by atoms with Gasteiger partial charge in [0.15, 0.2) is 0 Å². The molecule has 0 bridgehead atoms. The van der Waals surface area contributed by atoms with E-state index in [0.29, 0.717) is 17.7 Å². The summed E-state index contributed by atoms with van der Waals surface area (Å²) in [4.78, 5) is 20.9. The van der Waals surface area contributed by atoms with E-state index in [4.69, 9.17) is 0 Å². The zero-order chi connectivity index (χ0) is 19.1. The largest absolute Gasteiger partial charge is 0.319 e. The van der Waals surface area contributed by atoms with Gasteiger partial charge in [0.25, 0.3) is 5.91 Å². The summed E-state index contributed by atoms with van der Waals surface area (Å²) in [6, 6.07) is 9.47. The van der Waals surface area contributed by atoms with Crippen LogP contribution in [0.1, 0.15) is 27.0 Å². The van der Waals surface area contributed by atoms with Gasteiger partial charge < -0.3 is 9.88 Å². The normalized spacial score (nSPS) is 21.3. The monoisotopic (exact) mass is 394 g/mol. The van der Waals surface area contributed by atoms with E-state index in [1.54, 1.807) is 11.3 Å². The van der Waals surface area contributed by atoms with E-state index in [1.807, 2.05) is 40.4 Å². The molecule has 0 aliphatic carbocycles. The Morgan fingerprint density at radius 1 is 1.18 bits per heavy atom. The molecule has 8 heteroatoms. The molecular formula is C20H22N6OS. The van der Waals surface area contributed by atoms with E-state index in [2.05, 4.69) is 32.3 Å². The summed E-state index contributed by atoms with van der Waals surface area (Å²) in [7, 11) is 0. The molecule has 2 aliphatic rings. The number of carbonyl (C=O) groups excluding carboxylic acids is 1. The van der Waals surface area contributed by atoms with Crippen LogP contribution >= 0.6 is 11.3 Å². The van der Waals surface area contributed by atoms with Gasteiger partial charge in [-0.3, -0.25) is 9.69 Å². The Bertz CT molecular complexity index is 997.